The van der Waals surface area contributed by atoms with Crippen LogP contribution >= 0.6 is 0 Å². The predicted octanol–water partition coefficient (Wildman–Crippen LogP) is 7.68. The highest BCUT2D eigenvalue weighted by atomic mass is 16.3. The van der Waals surface area contributed by atoms with Gasteiger partial charge >= 0.3 is 0 Å². The number of aromatic hydroxyl groups is 1. The summed E-state index contributed by atoms with van der Waals surface area (Å²) in [7, 11) is 0. The van der Waals surface area contributed by atoms with Gasteiger partial charge in [0.05, 0.1) is 0 Å². The Kier molecular flexibility index (Phi) is 7.14. The van der Waals surface area contributed by atoms with Gasteiger partial charge in [0.1, 0.15) is 5.75 Å². The number of hydrogen-bond donors (Lipinski definition) is 1. The zero-order valence-corrected chi connectivity index (χ0v) is 18.4. The first kappa shape index (κ1) is 21.5. The van der Waals surface area contributed by atoms with E-state index in [0.717, 1.165) is 30.4 Å². The lowest BCUT2D eigenvalue weighted by molar-refractivity contribution is 0.296. The largest absolute Gasteiger partial charge is 0.507 e. The maximum absolute atomic E-state index is 10.5. The van der Waals surface area contributed by atoms with Crippen LogP contribution in [0.15, 0.2) is 30.3 Å². The Morgan fingerprint density at radius 1 is 0.852 bits per heavy atom. The molecule has 2 rings (SSSR count). The van der Waals surface area contributed by atoms with Gasteiger partial charge in [0.2, 0.25) is 0 Å². The van der Waals surface area contributed by atoms with Crippen molar-refractivity contribution in [3.8, 4) is 16.9 Å². The highest BCUT2D eigenvalue weighted by molar-refractivity contribution is 5.71. The molecule has 0 amide bonds. The van der Waals surface area contributed by atoms with Gasteiger partial charge in [-0.3, -0.25) is 0 Å². The molecule has 2 aromatic carbocycles. The van der Waals surface area contributed by atoms with Crippen LogP contribution in [0.1, 0.15) is 89.5 Å². The minimum Gasteiger partial charge on any atom is -0.507 e. The van der Waals surface area contributed by atoms with Gasteiger partial charge in [0.15, 0.2) is 0 Å². The van der Waals surface area contributed by atoms with Crippen molar-refractivity contribution in [3.05, 3.63) is 52.6 Å². The van der Waals surface area contributed by atoms with Crippen LogP contribution in [0.25, 0.3) is 11.1 Å². The molecule has 0 spiro atoms. The molecule has 0 unspecified atom stereocenters. The highest BCUT2D eigenvalue weighted by Gasteiger charge is 2.23. The van der Waals surface area contributed by atoms with E-state index < -0.39 is 0 Å². The second-order valence-corrected chi connectivity index (χ2v) is 8.62. The lowest BCUT2D eigenvalue weighted by Crippen LogP contribution is -2.18. The quantitative estimate of drug-likeness (QED) is 0.508. The fourth-order valence-corrected chi connectivity index (χ4v) is 3.79. The molecule has 0 fully saturated rings. The molecule has 2 aromatic rings. The van der Waals surface area contributed by atoms with Crippen LogP contribution in [0.3, 0.4) is 0 Å². The van der Waals surface area contributed by atoms with Gasteiger partial charge in [0, 0.05) is 0 Å². The normalized spacial score (nSPS) is 12.0. The Labute approximate surface area is 166 Å². The molecule has 0 saturated heterocycles. The molecule has 0 aliphatic carbocycles. The Morgan fingerprint density at radius 3 is 1.85 bits per heavy atom. The molecule has 1 nitrogen and oxygen atoms in total. The Balaban J connectivity index is 2.67. The third kappa shape index (κ3) is 4.75. The number of aryl methyl sites for hydroxylation is 2. The van der Waals surface area contributed by atoms with Crippen LogP contribution in [-0.4, -0.2) is 5.11 Å². The van der Waals surface area contributed by atoms with Crippen LogP contribution in [0, 0.1) is 5.41 Å². The van der Waals surface area contributed by atoms with E-state index >= 15 is 0 Å². The molecular formula is C26H38O. The zero-order valence-electron chi connectivity index (χ0n) is 18.4. The molecule has 0 saturated carbocycles. The van der Waals surface area contributed by atoms with E-state index in [1.165, 1.54) is 35.1 Å². The number of phenolic OH excluding ortho intramolecular Hbond substituents is 1. The van der Waals surface area contributed by atoms with Crippen molar-refractivity contribution in [2.24, 2.45) is 5.41 Å². The monoisotopic (exact) mass is 366 g/mol. The van der Waals surface area contributed by atoms with Crippen molar-refractivity contribution < 1.29 is 5.11 Å². The van der Waals surface area contributed by atoms with E-state index in [4.69, 9.17) is 0 Å². The standard InChI is InChI=1S/C26H38O/c1-8-19-14-23(15-20(9-2)25(19)27)24-16-21(18(5)6)12-13-22(24)17-26(7,10-3)11-4/h12-16,18,27H,8-11,17H2,1-7H3. The summed E-state index contributed by atoms with van der Waals surface area (Å²) in [4.78, 5) is 0. The van der Waals surface area contributed by atoms with Gasteiger partial charge in [-0.05, 0) is 76.1 Å². The first-order valence-electron chi connectivity index (χ1n) is 10.8. The Hall–Kier alpha value is -1.76. The summed E-state index contributed by atoms with van der Waals surface area (Å²) in [6.07, 6.45) is 5.17. The summed E-state index contributed by atoms with van der Waals surface area (Å²) in [5.41, 5.74) is 7.85. The molecule has 0 heterocycles. The van der Waals surface area contributed by atoms with Crippen LogP contribution in [0.2, 0.25) is 0 Å². The summed E-state index contributed by atoms with van der Waals surface area (Å²) in [5.74, 6) is 0.993. The second kappa shape index (κ2) is 8.95. The van der Waals surface area contributed by atoms with E-state index in [9.17, 15) is 5.11 Å². The molecule has 148 valence electrons. The number of rotatable bonds is 8. The molecule has 27 heavy (non-hydrogen) atoms. The molecule has 0 radical (unpaired) electrons. The third-order valence-corrected chi connectivity index (χ3v) is 6.47. The smallest absolute Gasteiger partial charge is 0.121 e. The van der Waals surface area contributed by atoms with Crippen molar-refractivity contribution in [2.45, 2.75) is 86.5 Å². The van der Waals surface area contributed by atoms with Crippen LogP contribution in [0.5, 0.6) is 5.75 Å². The van der Waals surface area contributed by atoms with Gasteiger partial charge < -0.3 is 5.11 Å². The van der Waals surface area contributed by atoms with Crippen molar-refractivity contribution in [3.63, 3.8) is 0 Å². The first-order chi connectivity index (χ1) is 12.8. The minimum atomic E-state index is 0.326. The topological polar surface area (TPSA) is 20.2 Å². The van der Waals surface area contributed by atoms with E-state index in [-0.39, 0.29) is 0 Å². The van der Waals surface area contributed by atoms with E-state index in [2.05, 4.69) is 78.8 Å². The van der Waals surface area contributed by atoms with Crippen molar-refractivity contribution in [2.75, 3.05) is 0 Å². The van der Waals surface area contributed by atoms with Gasteiger partial charge in [-0.25, -0.2) is 0 Å². The van der Waals surface area contributed by atoms with Crippen LogP contribution < -0.4 is 0 Å². The SMILES string of the molecule is CCc1cc(-c2cc(C(C)C)ccc2CC(C)(CC)CC)cc(CC)c1O. The molecular weight excluding hydrogens is 328 g/mol. The fourth-order valence-electron chi connectivity index (χ4n) is 3.79. The zero-order chi connectivity index (χ0) is 20.2. The number of phenols is 1. The highest BCUT2D eigenvalue weighted by Crippen LogP contribution is 2.38. The lowest BCUT2D eigenvalue weighted by Gasteiger charge is -2.28. The Morgan fingerprint density at radius 2 is 1.41 bits per heavy atom. The van der Waals surface area contributed by atoms with E-state index in [1.54, 1.807) is 0 Å². The number of hydrogen-bond acceptors (Lipinski definition) is 1. The summed E-state index contributed by atoms with van der Waals surface area (Å²) in [5, 5.41) is 10.5. The third-order valence-electron chi connectivity index (χ3n) is 6.47. The van der Waals surface area contributed by atoms with E-state index in [1.807, 2.05) is 0 Å². The van der Waals surface area contributed by atoms with Gasteiger partial charge in [-0.2, -0.15) is 0 Å². The summed E-state index contributed by atoms with van der Waals surface area (Å²) < 4.78 is 0. The minimum absolute atomic E-state index is 0.326. The maximum atomic E-state index is 10.5. The first-order valence-corrected chi connectivity index (χ1v) is 10.8. The van der Waals surface area contributed by atoms with Crippen LogP contribution in [0.4, 0.5) is 0 Å². The molecule has 0 atom stereocenters. The van der Waals surface area contributed by atoms with E-state index in [0.29, 0.717) is 17.1 Å². The summed E-state index contributed by atoms with van der Waals surface area (Å²) >= 11 is 0. The number of benzene rings is 2. The van der Waals surface area contributed by atoms with Crippen molar-refractivity contribution in [1.82, 2.24) is 0 Å². The van der Waals surface area contributed by atoms with Crippen LogP contribution in [-0.2, 0) is 19.3 Å². The fraction of sp³-hybridized carbons (Fsp3) is 0.538. The van der Waals surface area contributed by atoms with Gasteiger partial charge in [-0.15, -0.1) is 0 Å². The molecule has 0 aliphatic rings. The Bertz CT molecular complexity index is 741. The molecule has 0 aliphatic heterocycles. The summed E-state index contributed by atoms with van der Waals surface area (Å²) in [6, 6.07) is 11.4. The van der Waals surface area contributed by atoms with Crippen molar-refractivity contribution in [1.29, 1.82) is 0 Å². The van der Waals surface area contributed by atoms with Crippen molar-refractivity contribution >= 4 is 0 Å². The maximum Gasteiger partial charge on any atom is 0.121 e. The molecule has 0 aromatic heterocycles. The molecule has 0 bridgehead atoms. The van der Waals surface area contributed by atoms with Gasteiger partial charge in [-0.1, -0.05) is 79.5 Å². The molecule has 1 heteroatoms. The average Bonchev–Trinajstić information content (AvgIpc) is 2.68. The predicted molar refractivity (Wildman–Crippen MR) is 119 cm³/mol. The molecule has 1 N–H and O–H groups in total. The summed E-state index contributed by atoms with van der Waals surface area (Å²) in [6.45, 7) is 15.8. The lowest BCUT2D eigenvalue weighted by atomic mass is 9.77. The second-order valence-electron chi connectivity index (χ2n) is 8.62. The van der Waals surface area contributed by atoms with Gasteiger partial charge in [0.25, 0.3) is 0 Å². The average molecular weight is 367 g/mol.